The standard InChI is InChI=1S/C20H19ClN4O2/c21-17-8-6-16(7-9-17)20-19(25-14-22-13-23-25)10-18(27-24-20)12-26-11-15-4-2-1-3-5-15/h1-9,13-14,18-19H,10-12H2. The monoisotopic (exact) mass is 382 g/mol. The zero-order valence-corrected chi connectivity index (χ0v) is 15.4. The topological polar surface area (TPSA) is 61.5 Å². The molecule has 0 saturated carbocycles. The summed E-state index contributed by atoms with van der Waals surface area (Å²) in [6.45, 7) is 1.000. The molecule has 6 nitrogen and oxygen atoms in total. The lowest BCUT2D eigenvalue weighted by Gasteiger charge is -2.28. The van der Waals surface area contributed by atoms with Gasteiger partial charge in [0.25, 0.3) is 0 Å². The second kappa shape index (κ2) is 8.33. The van der Waals surface area contributed by atoms with Crippen LogP contribution in [-0.4, -0.2) is 33.2 Å². The average molecular weight is 383 g/mol. The van der Waals surface area contributed by atoms with Crippen molar-refractivity contribution < 1.29 is 9.57 Å². The number of hydrogen-bond donors (Lipinski definition) is 0. The predicted octanol–water partition coefficient (Wildman–Crippen LogP) is 3.88. The summed E-state index contributed by atoms with van der Waals surface area (Å²) in [4.78, 5) is 9.78. The molecule has 3 aromatic rings. The molecule has 0 aliphatic carbocycles. The van der Waals surface area contributed by atoms with E-state index in [1.54, 1.807) is 11.0 Å². The van der Waals surface area contributed by atoms with E-state index in [4.69, 9.17) is 21.2 Å². The molecule has 0 radical (unpaired) electrons. The molecule has 7 heteroatoms. The van der Waals surface area contributed by atoms with Crippen molar-refractivity contribution in [3.63, 3.8) is 0 Å². The quantitative estimate of drug-likeness (QED) is 0.649. The highest BCUT2D eigenvalue weighted by Gasteiger charge is 2.30. The Labute approximate surface area is 162 Å². The van der Waals surface area contributed by atoms with Crippen molar-refractivity contribution in [2.45, 2.75) is 25.2 Å². The van der Waals surface area contributed by atoms with Crippen molar-refractivity contribution in [2.75, 3.05) is 6.61 Å². The summed E-state index contributed by atoms with van der Waals surface area (Å²) < 4.78 is 7.63. The van der Waals surface area contributed by atoms with Gasteiger partial charge < -0.3 is 9.57 Å². The maximum Gasteiger partial charge on any atom is 0.153 e. The van der Waals surface area contributed by atoms with E-state index in [0.717, 1.165) is 16.8 Å². The first-order valence-electron chi connectivity index (χ1n) is 8.75. The molecule has 2 unspecified atom stereocenters. The second-order valence-electron chi connectivity index (χ2n) is 6.34. The van der Waals surface area contributed by atoms with E-state index >= 15 is 0 Å². The fourth-order valence-corrected chi connectivity index (χ4v) is 3.18. The Morgan fingerprint density at radius 1 is 1.11 bits per heavy atom. The molecule has 1 aliphatic heterocycles. The van der Waals surface area contributed by atoms with Gasteiger partial charge in [-0.1, -0.05) is 59.2 Å². The molecule has 2 aromatic carbocycles. The van der Waals surface area contributed by atoms with Gasteiger partial charge in [0, 0.05) is 17.0 Å². The van der Waals surface area contributed by atoms with Crippen molar-refractivity contribution in [3.8, 4) is 0 Å². The van der Waals surface area contributed by atoms with Crippen LogP contribution in [0.4, 0.5) is 0 Å². The summed E-state index contributed by atoms with van der Waals surface area (Å²) >= 11 is 6.00. The van der Waals surface area contributed by atoms with Gasteiger partial charge in [-0.25, -0.2) is 9.67 Å². The number of aromatic nitrogens is 3. The van der Waals surface area contributed by atoms with Crippen molar-refractivity contribution in [3.05, 3.63) is 83.4 Å². The fourth-order valence-electron chi connectivity index (χ4n) is 3.05. The van der Waals surface area contributed by atoms with Crippen LogP contribution < -0.4 is 0 Å². The van der Waals surface area contributed by atoms with Crippen LogP contribution in [0.3, 0.4) is 0 Å². The van der Waals surface area contributed by atoms with Crippen LogP contribution in [0.5, 0.6) is 0 Å². The number of ether oxygens (including phenoxy) is 1. The summed E-state index contributed by atoms with van der Waals surface area (Å²) in [5, 5.41) is 9.36. The third kappa shape index (κ3) is 4.35. The molecule has 2 heterocycles. The van der Waals surface area contributed by atoms with Crippen LogP contribution in [0.1, 0.15) is 23.6 Å². The Morgan fingerprint density at radius 2 is 1.93 bits per heavy atom. The van der Waals surface area contributed by atoms with Gasteiger partial charge in [-0.3, -0.25) is 0 Å². The van der Waals surface area contributed by atoms with Crippen molar-refractivity contribution in [1.82, 2.24) is 14.8 Å². The lowest BCUT2D eigenvalue weighted by molar-refractivity contribution is -0.0357. The maximum atomic E-state index is 6.00. The molecule has 0 fully saturated rings. The summed E-state index contributed by atoms with van der Waals surface area (Å²) in [5.74, 6) is 0. The van der Waals surface area contributed by atoms with Crippen molar-refractivity contribution in [1.29, 1.82) is 0 Å². The Kier molecular flexibility index (Phi) is 5.46. The maximum absolute atomic E-state index is 6.00. The van der Waals surface area contributed by atoms with E-state index < -0.39 is 0 Å². The summed E-state index contributed by atoms with van der Waals surface area (Å²) in [7, 11) is 0. The molecule has 1 aliphatic rings. The molecule has 0 saturated heterocycles. The lowest BCUT2D eigenvalue weighted by Crippen LogP contribution is -2.33. The van der Waals surface area contributed by atoms with E-state index in [1.807, 2.05) is 54.6 Å². The Morgan fingerprint density at radius 3 is 2.67 bits per heavy atom. The van der Waals surface area contributed by atoms with Crippen LogP contribution >= 0.6 is 11.6 Å². The highest BCUT2D eigenvalue weighted by atomic mass is 35.5. The fraction of sp³-hybridized carbons (Fsp3) is 0.250. The Balaban J connectivity index is 1.47. The van der Waals surface area contributed by atoms with Gasteiger partial charge in [0.2, 0.25) is 0 Å². The molecular weight excluding hydrogens is 364 g/mol. The van der Waals surface area contributed by atoms with Gasteiger partial charge >= 0.3 is 0 Å². The SMILES string of the molecule is Clc1ccc(C2=NOC(COCc3ccccc3)CC2n2cncn2)cc1. The van der Waals surface area contributed by atoms with Crippen molar-refractivity contribution >= 4 is 17.3 Å². The lowest BCUT2D eigenvalue weighted by atomic mass is 9.97. The molecule has 0 bridgehead atoms. The van der Waals surface area contributed by atoms with Crippen LogP contribution in [0.2, 0.25) is 5.02 Å². The minimum Gasteiger partial charge on any atom is -0.390 e. The molecule has 138 valence electrons. The highest BCUT2D eigenvalue weighted by Crippen LogP contribution is 2.27. The first kappa shape index (κ1) is 17.7. The van der Waals surface area contributed by atoms with E-state index in [2.05, 4.69) is 15.2 Å². The van der Waals surface area contributed by atoms with Gasteiger partial charge in [0.15, 0.2) is 6.10 Å². The predicted molar refractivity (Wildman–Crippen MR) is 103 cm³/mol. The van der Waals surface area contributed by atoms with Gasteiger partial charge in [0.05, 0.1) is 13.2 Å². The number of hydrogen-bond acceptors (Lipinski definition) is 5. The van der Waals surface area contributed by atoms with Gasteiger partial charge in [0.1, 0.15) is 24.4 Å². The summed E-state index contributed by atoms with van der Waals surface area (Å²) in [6, 6.07) is 17.5. The second-order valence-corrected chi connectivity index (χ2v) is 6.77. The minimum absolute atomic E-state index is 0.0762. The van der Waals surface area contributed by atoms with Gasteiger partial charge in [-0.05, 0) is 17.7 Å². The van der Waals surface area contributed by atoms with Crippen LogP contribution in [0.15, 0.2) is 72.4 Å². The summed E-state index contributed by atoms with van der Waals surface area (Å²) in [5.41, 5.74) is 2.88. The average Bonchev–Trinajstić information content (AvgIpc) is 3.24. The van der Waals surface area contributed by atoms with Gasteiger partial charge in [-0.2, -0.15) is 5.10 Å². The molecule has 1 aromatic heterocycles. The van der Waals surface area contributed by atoms with E-state index in [0.29, 0.717) is 24.7 Å². The minimum atomic E-state index is -0.154. The molecular formula is C20H19ClN4O2. The van der Waals surface area contributed by atoms with Gasteiger partial charge in [-0.15, -0.1) is 0 Å². The smallest absolute Gasteiger partial charge is 0.153 e. The zero-order chi connectivity index (χ0) is 18.5. The number of nitrogens with zero attached hydrogens (tertiary/aromatic N) is 4. The molecule has 0 spiro atoms. The van der Waals surface area contributed by atoms with Crippen LogP contribution in [-0.2, 0) is 16.2 Å². The van der Waals surface area contributed by atoms with Crippen molar-refractivity contribution in [2.24, 2.45) is 5.16 Å². The highest BCUT2D eigenvalue weighted by molar-refractivity contribution is 6.30. The molecule has 0 amide bonds. The van der Waals surface area contributed by atoms with E-state index in [1.165, 1.54) is 6.33 Å². The molecule has 27 heavy (non-hydrogen) atoms. The van der Waals surface area contributed by atoms with Crippen LogP contribution in [0, 0.1) is 0 Å². The first-order valence-corrected chi connectivity index (χ1v) is 9.13. The van der Waals surface area contributed by atoms with E-state index in [-0.39, 0.29) is 12.1 Å². The molecule has 2 atom stereocenters. The third-order valence-corrected chi connectivity index (χ3v) is 4.67. The third-order valence-electron chi connectivity index (χ3n) is 4.41. The molecule has 4 rings (SSSR count). The number of halogens is 1. The van der Waals surface area contributed by atoms with E-state index in [9.17, 15) is 0 Å². The molecule has 0 N–H and O–H groups in total. The number of oxime groups is 1. The summed E-state index contributed by atoms with van der Waals surface area (Å²) in [6.07, 6.45) is 3.76. The largest absolute Gasteiger partial charge is 0.390 e. The Hall–Kier alpha value is -2.70. The number of benzene rings is 2. The normalized spacial score (nSPS) is 19.4. The van der Waals surface area contributed by atoms with Crippen LogP contribution in [0.25, 0.3) is 0 Å². The number of rotatable bonds is 6. The first-order chi connectivity index (χ1) is 13.3. The Bertz CT molecular complexity index is 882. The zero-order valence-electron chi connectivity index (χ0n) is 14.6.